The van der Waals surface area contributed by atoms with E-state index in [0.29, 0.717) is 30.4 Å². The van der Waals surface area contributed by atoms with Gasteiger partial charge in [-0.25, -0.2) is 0 Å². The molecule has 0 bridgehead atoms. The first-order chi connectivity index (χ1) is 14.2. The van der Waals surface area contributed by atoms with Gasteiger partial charge in [-0.2, -0.15) is 0 Å². The quantitative estimate of drug-likeness (QED) is 0.416. The number of piperidine rings is 1. The molecule has 3 aromatic rings. The highest BCUT2D eigenvalue weighted by Gasteiger charge is 2.20. The Hall–Kier alpha value is -1.90. The van der Waals surface area contributed by atoms with Crippen molar-refractivity contribution >= 4 is 28.4 Å². The fourth-order valence-corrected chi connectivity index (χ4v) is 5.17. The summed E-state index contributed by atoms with van der Waals surface area (Å²) in [6.07, 6.45) is 5.81. The topological polar surface area (TPSA) is 64.7 Å². The Bertz CT molecular complexity index is 1030. The summed E-state index contributed by atoms with van der Waals surface area (Å²) in [5.74, 6) is 1.61. The van der Waals surface area contributed by atoms with Crippen LogP contribution < -0.4 is 5.56 Å². The lowest BCUT2D eigenvalue weighted by Crippen LogP contribution is -2.36. The molecule has 1 saturated heterocycles. The van der Waals surface area contributed by atoms with Crippen LogP contribution in [0.3, 0.4) is 0 Å². The Kier molecular flexibility index (Phi) is 6.52. The molecule has 4 rings (SSSR count). The second-order valence-corrected chi connectivity index (χ2v) is 8.77. The maximum Gasteiger partial charge on any atom is 0.262 e. The van der Waals surface area contributed by atoms with E-state index < -0.39 is 0 Å². The van der Waals surface area contributed by atoms with Gasteiger partial charge < -0.3 is 9.64 Å². The zero-order valence-corrected chi connectivity index (χ0v) is 18.0. The molecule has 2 aromatic heterocycles. The average Bonchev–Trinajstić information content (AvgIpc) is 3.16. The van der Waals surface area contributed by atoms with E-state index in [1.807, 2.05) is 28.7 Å². The predicted octanol–water partition coefficient (Wildman–Crippen LogP) is 3.05. The molecular weight excluding hydrogens is 386 g/mol. The van der Waals surface area contributed by atoms with Gasteiger partial charge in [-0.15, -0.1) is 10.2 Å². The first-order valence-corrected chi connectivity index (χ1v) is 11.4. The highest BCUT2D eigenvalue weighted by atomic mass is 32.2. The third-order valence-corrected chi connectivity index (χ3v) is 6.77. The number of hydrogen-bond acceptors (Lipinski definition) is 6. The molecule has 29 heavy (non-hydrogen) atoms. The number of rotatable bonds is 8. The fourth-order valence-electron chi connectivity index (χ4n) is 4.19. The first kappa shape index (κ1) is 20.4. The number of nitrogens with zero attached hydrogens (tertiary/aromatic N) is 5. The van der Waals surface area contributed by atoms with E-state index in [9.17, 15) is 4.79 Å². The number of fused-ring (bicyclic) bond motifs is 3. The van der Waals surface area contributed by atoms with Crippen LogP contribution in [0.25, 0.3) is 16.7 Å². The Morgan fingerprint density at radius 1 is 1.24 bits per heavy atom. The lowest BCUT2D eigenvalue weighted by Gasteiger charge is -2.32. The van der Waals surface area contributed by atoms with Crippen LogP contribution in [0.2, 0.25) is 0 Å². The molecule has 0 spiro atoms. The van der Waals surface area contributed by atoms with E-state index in [4.69, 9.17) is 4.74 Å². The number of aromatic nitrogens is 4. The van der Waals surface area contributed by atoms with Crippen molar-refractivity contribution in [2.24, 2.45) is 0 Å². The summed E-state index contributed by atoms with van der Waals surface area (Å²) in [4.78, 5) is 15.5. The van der Waals surface area contributed by atoms with Crippen molar-refractivity contribution in [2.45, 2.75) is 49.8 Å². The number of aryl methyl sites for hydroxylation is 1. The molecule has 0 aliphatic carbocycles. The van der Waals surface area contributed by atoms with Crippen LogP contribution in [-0.2, 0) is 11.3 Å². The lowest BCUT2D eigenvalue weighted by atomic mass is 10.0. The lowest BCUT2D eigenvalue weighted by molar-refractivity contribution is 0.182. The van der Waals surface area contributed by atoms with Gasteiger partial charge >= 0.3 is 0 Å². The van der Waals surface area contributed by atoms with Crippen molar-refractivity contribution in [1.82, 2.24) is 24.1 Å². The Balaban J connectivity index is 1.64. The Labute approximate surface area is 175 Å². The molecule has 156 valence electrons. The van der Waals surface area contributed by atoms with E-state index in [-0.39, 0.29) is 5.56 Å². The van der Waals surface area contributed by atoms with E-state index in [0.717, 1.165) is 29.3 Å². The standard InChI is InChI=1S/C21H29N5O2S/c1-24-12-6-5-8-16(24)11-15-29-21-23-22-20-25(13-7-14-28-2)19(27)17-9-3-4-10-18(17)26(20)21/h3-4,9-10,16H,5-8,11-15H2,1-2H3. The number of likely N-dealkylation sites (tertiary alicyclic amines) is 1. The van der Waals surface area contributed by atoms with Gasteiger partial charge in [-0.05, 0) is 51.4 Å². The number of benzene rings is 1. The second-order valence-electron chi connectivity index (χ2n) is 7.71. The molecule has 0 amide bonds. The minimum atomic E-state index is -0.0167. The van der Waals surface area contributed by atoms with Crippen LogP contribution in [0, 0.1) is 0 Å². The molecule has 1 aromatic carbocycles. The molecule has 3 heterocycles. The van der Waals surface area contributed by atoms with Gasteiger partial charge in [-0.3, -0.25) is 13.8 Å². The summed E-state index contributed by atoms with van der Waals surface area (Å²) < 4.78 is 8.93. The van der Waals surface area contributed by atoms with Crippen LogP contribution in [0.1, 0.15) is 32.1 Å². The SMILES string of the molecule is COCCCn1c(=O)c2ccccc2n2c(SCCC3CCCCN3C)nnc12. The van der Waals surface area contributed by atoms with Crippen molar-refractivity contribution in [2.75, 3.05) is 33.1 Å². The van der Waals surface area contributed by atoms with Crippen molar-refractivity contribution in [3.63, 3.8) is 0 Å². The largest absolute Gasteiger partial charge is 0.385 e. The van der Waals surface area contributed by atoms with Crippen molar-refractivity contribution in [3.05, 3.63) is 34.6 Å². The first-order valence-electron chi connectivity index (χ1n) is 10.4. The van der Waals surface area contributed by atoms with Gasteiger partial charge in [0.2, 0.25) is 5.78 Å². The van der Waals surface area contributed by atoms with Gasteiger partial charge in [0.1, 0.15) is 0 Å². The van der Waals surface area contributed by atoms with Crippen molar-refractivity contribution in [1.29, 1.82) is 0 Å². The molecule has 0 radical (unpaired) electrons. The van der Waals surface area contributed by atoms with Gasteiger partial charge in [0.15, 0.2) is 5.16 Å². The summed E-state index contributed by atoms with van der Waals surface area (Å²) in [5, 5.41) is 10.4. The van der Waals surface area contributed by atoms with Crippen LogP contribution >= 0.6 is 11.8 Å². The van der Waals surface area contributed by atoms with Crippen LogP contribution in [0.4, 0.5) is 0 Å². The van der Waals surface area contributed by atoms with Crippen molar-refractivity contribution < 1.29 is 4.74 Å². The summed E-state index contributed by atoms with van der Waals surface area (Å²) in [5.41, 5.74) is 0.856. The Morgan fingerprint density at radius 3 is 2.93 bits per heavy atom. The van der Waals surface area contributed by atoms with E-state index in [1.54, 1.807) is 23.4 Å². The third-order valence-electron chi connectivity index (χ3n) is 5.81. The maximum atomic E-state index is 13.0. The molecule has 0 saturated carbocycles. The minimum absolute atomic E-state index is 0.0167. The highest BCUT2D eigenvalue weighted by Crippen LogP contribution is 2.25. The Morgan fingerprint density at radius 2 is 2.10 bits per heavy atom. The number of hydrogen-bond donors (Lipinski definition) is 0. The molecular formula is C21H29N5O2S. The monoisotopic (exact) mass is 415 g/mol. The molecule has 1 aliphatic heterocycles. The number of thioether (sulfide) groups is 1. The summed E-state index contributed by atoms with van der Waals surface area (Å²) in [7, 11) is 3.90. The number of ether oxygens (including phenoxy) is 1. The molecule has 7 nitrogen and oxygen atoms in total. The van der Waals surface area contributed by atoms with Crippen LogP contribution in [0.5, 0.6) is 0 Å². The smallest absolute Gasteiger partial charge is 0.262 e. The predicted molar refractivity (Wildman–Crippen MR) is 117 cm³/mol. The molecule has 1 aliphatic rings. The summed E-state index contributed by atoms with van der Waals surface area (Å²) in [6.45, 7) is 2.37. The molecule has 8 heteroatoms. The summed E-state index contributed by atoms with van der Waals surface area (Å²) >= 11 is 1.73. The number of methoxy groups -OCH3 is 1. The normalized spacial score (nSPS) is 18.1. The highest BCUT2D eigenvalue weighted by molar-refractivity contribution is 7.99. The molecule has 1 atom stereocenters. The van der Waals surface area contributed by atoms with Crippen LogP contribution in [0.15, 0.2) is 34.2 Å². The zero-order valence-electron chi connectivity index (χ0n) is 17.2. The van der Waals surface area contributed by atoms with Crippen molar-refractivity contribution in [3.8, 4) is 0 Å². The summed E-state index contributed by atoms with van der Waals surface area (Å²) in [6, 6.07) is 8.38. The zero-order chi connectivity index (χ0) is 20.2. The van der Waals surface area contributed by atoms with Gasteiger partial charge in [0, 0.05) is 32.1 Å². The van der Waals surface area contributed by atoms with E-state index >= 15 is 0 Å². The fraction of sp³-hybridized carbons (Fsp3) is 0.571. The molecule has 1 unspecified atom stereocenters. The van der Waals surface area contributed by atoms with E-state index in [1.165, 1.54) is 25.8 Å². The van der Waals surface area contributed by atoms with Gasteiger partial charge in [0.05, 0.1) is 10.9 Å². The molecule has 1 fully saturated rings. The molecule has 0 N–H and O–H groups in total. The van der Waals surface area contributed by atoms with Gasteiger partial charge in [-0.1, -0.05) is 30.3 Å². The number of para-hydroxylation sites is 1. The maximum absolute atomic E-state index is 13.0. The van der Waals surface area contributed by atoms with Gasteiger partial charge in [0.25, 0.3) is 5.56 Å². The van der Waals surface area contributed by atoms with Crippen LogP contribution in [-0.4, -0.2) is 63.2 Å². The van der Waals surface area contributed by atoms with E-state index in [2.05, 4.69) is 22.1 Å². The average molecular weight is 416 g/mol. The second kappa shape index (κ2) is 9.28. The minimum Gasteiger partial charge on any atom is -0.385 e. The third kappa shape index (κ3) is 4.20.